The smallest absolute Gasteiger partial charge is 0.240 e. The van der Waals surface area contributed by atoms with E-state index in [-0.39, 0.29) is 11.5 Å². The van der Waals surface area contributed by atoms with Gasteiger partial charge >= 0.3 is 0 Å². The summed E-state index contributed by atoms with van der Waals surface area (Å²) in [6, 6.07) is 5.85. The summed E-state index contributed by atoms with van der Waals surface area (Å²) in [5.74, 6) is 0.176. The fourth-order valence-electron chi connectivity index (χ4n) is 0.493. The zero-order valence-electron chi connectivity index (χ0n) is 7.31. The molecule has 0 aliphatic carbocycles. The van der Waals surface area contributed by atoms with E-state index in [2.05, 4.69) is 0 Å². The fraction of sp³-hybridized carbons (Fsp3) is 0.250. The minimum absolute atomic E-state index is 0.0880. The molecule has 1 aromatic rings. The Labute approximate surface area is 101 Å². The highest BCUT2D eigenvalue weighted by molar-refractivity contribution is 6.67. The van der Waals surface area contributed by atoms with Crippen molar-refractivity contribution in [2.45, 2.75) is 10.1 Å². The van der Waals surface area contributed by atoms with Gasteiger partial charge in [0.25, 0.3) is 0 Å². The summed E-state index contributed by atoms with van der Waals surface area (Å²) >= 11 is 14.7. The van der Waals surface area contributed by atoms with E-state index in [1.165, 1.54) is 18.2 Å². The van der Waals surface area contributed by atoms with Crippen LogP contribution in [0.5, 0.6) is 11.5 Å². The maximum atomic E-state index is 8.65. The molecule has 0 saturated heterocycles. The van der Waals surface area contributed by atoms with Gasteiger partial charge < -0.3 is 20.4 Å². The molecule has 0 aliphatic heterocycles. The highest BCUT2D eigenvalue weighted by Gasteiger charge is 2.28. The fourth-order valence-corrected chi connectivity index (χ4v) is 0.493. The van der Waals surface area contributed by atoms with E-state index in [1.807, 2.05) is 0 Å². The number of hydrogen-bond acceptors (Lipinski definition) is 4. The molecule has 1 rings (SSSR count). The zero-order valence-corrected chi connectivity index (χ0v) is 9.58. The monoisotopic (exact) mass is 274 g/mol. The van der Waals surface area contributed by atoms with Gasteiger partial charge in [-0.05, 0) is 12.1 Å². The minimum Gasteiger partial charge on any atom is -0.508 e. The Balaban J connectivity index is 0.000000265. The Kier molecular flexibility index (Phi) is 6.09. The number of hydrogen-bond donors (Lipinski definition) is 4. The lowest BCUT2D eigenvalue weighted by molar-refractivity contribution is -0.0355. The summed E-state index contributed by atoms with van der Waals surface area (Å²) in [6.07, 6.45) is -1.91. The number of aliphatic hydroxyl groups excluding tert-OH is 1. The van der Waals surface area contributed by atoms with Crippen molar-refractivity contribution in [3.63, 3.8) is 0 Å². The van der Waals surface area contributed by atoms with Gasteiger partial charge in [-0.2, -0.15) is 0 Å². The SMILES string of the molecule is OC(O)C(Cl)(Cl)Cl.Oc1cccc(O)c1. The molecule has 0 fully saturated rings. The summed E-state index contributed by atoms with van der Waals surface area (Å²) in [5, 5.41) is 33.4. The van der Waals surface area contributed by atoms with Gasteiger partial charge in [0.2, 0.25) is 3.79 Å². The molecule has 7 heteroatoms. The lowest BCUT2D eigenvalue weighted by Crippen LogP contribution is -2.23. The molecule has 4 N–H and O–H groups in total. The van der Waals surface area contributed by atoms with E-state index in [0.29, 0.717) is 0 Å². The Hall–Kier alpha value is -0.390. The Morgan fingerprint density at radius 2 is 1.33 bits per heavy atom. The second-order valence-electron chi connectivity index (χ2n) is 2.44. The Morgan fingerprint density at radius 1 is 1.00 bits per heavy atom. The highest BCUT2D eigenvalue weighted by atomic mass is 35.6. The van der Waals surface area contributed by atoms with Crippen LogP contribution in [0.15, 0.2) is 24.3 Å². The lowest BCUT2D eigenvalue weighted by atomic mass is 10.3. The first-order valence-electron chi connectivity index (χ1n) is 3.64. The summed E-state index contributed by atoms with van der Waals surface area (Å²) < 4.78 is -1.97. The molecule has 4 nitrogen and oxygen atoms in total. The third kappa shape index (κ3) is 7.53. The van der Waals surface area contributed by atoms with Gasteiger partial charge in [-0.1, -0.05) is 40.9 Å². The summed E-state index contributed by atoms with van der Waals surface area (Å²) in [4.78, 5) is 0. The van der Waals surface area contributed by atoms with Crippen molar-refractivity contribution in [3.05, 3.63) is 24.3 Å². The normalized spacial score (nSPS) is 10.8. The summed E-state index contributed by atoms with van der Waals surface area (Å²) in [5.41, 5.74) is 0. The van der Waals surface area contributed by atoms with Crippen molar-refractivity contribution < 1.29 is 20.4 Å². The molecule has 0 unspecified atom stereocenters. The van der Waals surface area contributed by atoms with E-state index in [9.17, 15) is 0 Å². The number of halogens is 3. The van der Waals surface area contributed by atoms with Crippen LogP contribution in [0.25, 0.3) is 0 Å². The molecule has 0 aromatic heterocycles. The maximum absolute atomic E-state index is 8.65. The molecule has 0 heterocycles. The molecule has 0 spiro atoms. The number of aliphatic hydroxyl groups is 2. The van der Waals surface area contributed by atoms with Gasteiger partial charge in [-0.25, -0.2) is 0 Å². The molecule has 0 bridgehead atoms. The van der Waals surface area contributed by atoms with Crippen LogP contribution in [-0.2, 0) is 0 Å². The molecule has 15 heavy (non-hydrogen) atoms. The quantitative estimate of drug-likeness (QED) is 0.430. The van der Waals surface area contributed by atoms with Crippen molar-refractivity contribution in [2.75, 3.05) is 0 Å². The van der Waals surface area contributed by atoms with E-state index in [0.717, 1.165) is 0 Å². The predicted octanol–water partition coefficient (Wildman–Crippen LogP) is 1.77. The third-order valence-electron chi connectivity index (χ3n) is 1.12. The van der Waals surface area contributed by atoms with E-state index in [4.69, 9.17) is 55.2 Å². The number of benzene rings is 1. The van der Waals surface area contributed by atoms with Crippen LogP contribution >= 0.6 is 34.8 Å². The molecular weight excluding hydrogens is 266 g/mol. The first kappa shape index (κ1) is 14.6. The average Bonchev–Trinajstić information content (AvgIpc) is 2.02. The van der Waals surface area contributed by atoms with E-state index >= 15 is 0 Å². The van der Waals surface area contributed by atoms with Gasteiger partial charge in [-0.15, -0.1) is 0 Å². The largest absolute Gasteiger partial charge is 0.508 e. The van der Waals surface area contributed by atoms with Crippen molar-refractivity contribution >= 4 is 34.8 Å². The molecule has 0 amide bonds. The van der Waals surface area contributed by atoms with E-state index < -0.39 is 10.1 Å². The number of aromatic hydroxyl groups is 2. The first-order chi connectivity index (χ1) is 6.73. The van der Waals surface area contributed by atoms with Crippen LogP contribution in [0.1, 0.15) is 0 Å². The number of phenols is 2. The van der Waals surface area contributed by atoms with E-state index in [1.54, 1.807) is 6.07 Å². The van der Waals surface area contributed by atoms with Gasteiger partial charge in [-0.3, -0.25) is 0 Å². The Bertz CT molecular complexity index is 281. The average molecular weight is 276 g/mol. The zero-order chi connectivity index (χ0) is 12.1. The van der Waals surface area contributed by atoms with Crippen molar-refractivity contribution in [2.24, 2.45) is 0 Å². The molecule has 1 aromatic carbocycles. The van der Waals surface area contributed by atoms with Crippen LogP contribution in [0, 0.1) is 0 Å². The summed E-state index contributed by atoms with van der Waals surface area (Å²) in [6.45, 7) is 0. The lowest BCUT2D eigenvalue weighted by Gasteiger charge is -2.10. The Morgan fingerprint density at radius 3 is 1.47 bits per heavy atom. The van der Waals surface area contributed by atoms with Crippen LogP contribution in [0.3, 0.4) is 0 Å². The van der Waals surface area contributed by atoms with Crippen molar-refractivity contribution in [3.8, 4) is 11.5 Å². The van der Waals surface area contributed by atoms with Crippen LogP contribution in [0.4, 0.5) is 0 Å². The number of phenolic OH excluding ortho intramolecular Hbond substituents is 2. The van der Waals surface area contributed by atoms with Gasteiger partial charge in [0.05, 0.1) is 0 Å². The molecule has 0 atom stereocenters. The summed E-state index contributed by atoms with van der Waals surface area (Å²) in [7, 11) is 0. The molecule has 86 valence electrons. The predicted molar refractivity (Wildman–Crippen MR) is 58.3 cm³/mol. The molecule has 0 aliphatic rings. The number of alkyl halides is 3. The van der Waals surface area contributed by atoms with Gasteiger partial charge in [0.15, 0.2) is 6.29 Å². The van der Waals surface area contributed by atoms with Crippen LogP contribution < -0.4 is 0 Å². The minimum atomic E-state index is -1.97. The van der Waals surface area contributed by atoms with Gasteiger partial charge in [0, 0.05) is 6.07 Å². The second-order valence-corrected chi connectivity index (χ2v) is 4.80. The molecular formula is C8H9Cl3O4. The standard InChI is InChI=1S/C6H6O2.C2H3Cl3O2/c7-5-2-1-3-6(8)4-5;3-2(4,5)1(6)7/h1-4,7-8H;1,6-7H. The van der Waals surface area contributed by atoms with Gasteiger partial charge in [0.1, 0.15) is 11.5 Å². The number of rotatable bonds is 0. The van der Waals surface area contributed by atoms with Crippen molar-refractivity contribution in [1.82, 2.24) is 0 Å². The highest BCUT2D eigenvalue weighted by Crippen LogP contribution is 2.28. The van der Waals surface area contributed by atoms with Crippen LogP contribution in [-0.4, -0.2) is 30.5 Å². The first-order valence-corrected chi connectivity index (χ1v) is 4.77. The second kappa shape index (κ2) is 6.25. The molecule has 0 radical (unpaired) electrons. The third-order valence-corrected chi connectivity index (χ3v) is 1.71. The van der Waals surface area contributed by atoms with Crippen LogP contribution in [0.2, 0.25) is 0 Å². The maximum Gasteiger partial charge on any atom is 0.240 e. The topological polar surface area (TPSA) is 80.9 Å². The van der Waals surface area contributed by atoms with Crippen molar-refractivity contribution in [1.29, 1.82) is 0 Å². The molecule has 0 saturated carbocycles.